The summed E-state index contributed by atoms with van der Waals surface area (Å²) in [5, 5.41) is 7.43. The number of hydrogen-bond donors (Lipinski definition) is 1. The third kappa shape index (κ3) is 3.84. The van der Waals surface area contributed by atoms with Crippen molar-refractivity contribution in [3.8, 4) is 0 Å². The SMILES string of the molecule is CCNCCCn1cc(S(=O)(=O)N2CCCC2CC)cn1. The van der Waals surface area contributed by atoms with Crippen LogP contribution in [-0.4, -0.2) is 48.2 Å². The molecule has 0 aliphatic carbocycles. The second-order valence-corrected chi connectivity index (χ2v) is 7.36. The molecule has 2 heterocycles. The summed E-state index contributed by atoms with van der Waals surface area (Å²) in [4.78, 5) is 0.325. The molecule has 0 bridgehead atoms. The topological polar surface area (TPSA) is 67.2 Å². The molecule has 0 saturated carbocycles. The molecule has 1 aliphatic heterocycles. The molecular weight excluding hydrogens is 288 g/mol. The van der Waals surface area contributed by atoms with E-state index in [0.717, 1.165) is 45.3 Å². The standard InChI is InChI=1S/C14H26N4O2S/c1-3-13-7-5-10-18(13)21(19,20)14-11-16-17(12-14)9-6-8-15-4-2/h11-13,15H,3-10H2,1-2H3. The maximum atomic E-state index is 12.7. The Kier molecular flexibility index (Phi) is 5.78. The predicted octanol–water partition coefficient (Wildman–Crippen LogP) is 1.45. The van der Waals surface area contributed by atoms with Crippen LogP contribution in [0.2, 0.25) is 0 Å². The molecule has 1 saturated heterocycles. The first kappa shape index (κ1) is 16.5. The van der Waals surface area contributed by atoms with Crippen LogP contribution in [0.5, 0.6) is 0 Å². The molecule has 120 valence electrons. The first-order valence-electron chi connectivity index (χ1n) is 7.84. The van der Waals surface area contributed by atoms with Gasteiger partial charge in [-0.05, 0) is 38.8 Å². The van der Waals surface area contributed by atoms with Crippen molar-refractivity contribution in [1.29, 1.82) is 0 Å². The van der Waals surface area contributed by atoms with Gasteiger partial charge in [-0.2, -0.15) is 9.40 Å². The summed E-state index contributed by atoms with van der Waals surface area (Å²) in [5.41, 5.74) is 0. The fourth-order valence-electron chi connectivity index (χ4n) is 2.81. The zero-order chi connectivity index (χ0) is 15.3. The number of aryl methyl sites for hydroxylation is 1. The molecule has 21 heavy (non-hydrogen) atoms. The molecule has 0 amide bonds. The monoisotopic (exact) mass is 314 g/mol. The Bertz CT molecular complexity index is 541. The second-order valence-electron chi connectivity index (χ2n) is 5.47. The zero-order valence-corrected chi connectivity index (χ0v) is 13.8. The first-order valence-corrected chi connectivity index (χ1v) is 9.28. The van der Waals surface area contributed by atoms with Crippen molar-refractivity contribution in [1.82, 2.24) is 19.4 Å². The van der Waals surface area contributed by atoms with Crippen LogP contribution in [0.25, 0.3) is 0 Å². The van der Waals surface area contributed by atoms with Crippen LogP contribution in [0.1, 0.15) is 39.5 Å². The van der Waals surface area contributed by atoms with Gasteiger partial charge in [0.15, 0.2) is 0 Å². The number of rotatable bonds is 8. The molecule has 6 nitrogen and oxygen atoms in total. The van der Waals surface area contributed by atoms with E-state index in [9.17, 15) is 8.42 Å². The minimum absolute atomic E-state index is 0.145. The van der Waals surface area contributed by atoms with Crippen molar-refractivity contribution in [3.63, 3.8) is 0 Å². The quantitative estimate of drug-likeness (QED) is 0.738. The van der Waals surface area contributed by atoms with Crippen LogP contribution >= 0.6 is 0 Å². The average Bonchev–Trinajstić information content (AvgIpc) is 3.12. The van der Waals surface area contributed by atoms with Crippen LogP contribution in [0.15, 0.2) is 17.3 Å². The van der Waals surface area contributed by atoms with E-state index in [4.69, 9.17) is 0 Å². The van der Waals surface area contributed by atoms with Crippen LogP contribution in [0.4, 0.5) is 0 Å². The van der Waals surface area contributed by atoms with Crippen molar-refractivity contribution in [3.05, 3.63) is 12.4 Å². The lowest BCUT2D eigenvalue weighted by Crippen LogP contribution is -2.34. The smallest absolute Gasteiger partial charge is 0.246 e. The van der Waals surface area contributed by atoms with Gasteiger partial charge in [-0.1, -0.05) is 13.8 Å². The summed E-state index contributed by atoms with van der Waals surface area (Å²) < 4.78 is 28.7. The summed E-state index contributed by atoms with van der Waals surface area (Å²) >= 11 is 0. The molecular formula is C14H26N4O2S. The van der Waals surface area contributed by atoms with Gasteiger partial charge < -0.3 is 5.32 Å². The highest BCUT2D eigenvalue weighted by Crippen LogP contribution is 2.27. The lowest BCUT2D eigenvalue weighted by atomic mass is 10.2. The largest absolute Gasteiger partial charge is 0.317 e. The summed E-state index contributed by atoms with van der Waals surface area (Å²) in [6.45, 7) is 7.35. The predicted molar refractivity (Wildman–Crippen MR) is 82.6 cm³/mol. The third-order valence-electron chi connectivity index (χ3n) is 4.00. The Hall–Kier alpha value is -0.920. The van der Waals surface area contributed by atoms with Gasteiger partial charge in [0.1, 0.15) is 4.90 Å². The molecule has 7 heteroatoms. The maximum Gasteiger partial charge on any atom is 0.246 e. The van der Waals surface area contributed by atoms with E-state index in [-0.39, 0.29) is 6.04 Å². The van der Waals surface area contributed by atoms with Gasteiger partial charge in [0, 0.05) is 25.3 Å². The number of aromatic nitrogens is 2. The Morgan fingerprint density at radius 2 is 2.24 bits per heavy atom. The average molecular weight is 314 g/mol. The van der Waals surface area contributed by atoms with Crippen LogP contribution in [-0.2, 0) is 16.6 Å². The van der Waals surface area contributed by atoms with Crippen molar-refractivity contribution >= 4 is 10.0 Å². The lowest BCUT2D eigenvalue weighted by molar-refractivity contribution is 0.379. The molecule has 1 aliphatic rings. The van der Waals surface area contributed by atoms with Gasteiger partial charge in [0.2, 0.25) is 10.0 Å². The Morgan fingerprint density at radius 3 is 2.95 bits per heavy atom. The lowest BCUT2D eigenvalue weighted by Gasteiger charge is -2.21. The molecule has 0 radical (unpaired) electrons. The normalized spacial score (nSPS) is 20.2. The summed E-state index contributed by atoms with van der Waals surface area (Å²) in [7, 11) is -3.38. The zero-order valence-electron chi connectivity index (χ0n) is 13.0. The van der Waals surface area contributed by atoms with Gasteiger partial charge in [-0.15, -0.1) is 0 Å². The van der Waals surface area contributed by atoms with Crippen molar-refractivity contribution in [2.45, 2.75) is 57.0 Å². The third-order valence-corrected chi connectivity index (χ3v) is 5.91. The number of nitrogens with zero attached hydrogens (tertiary/aromatic N) is 3. The highest BCUT2D eigenvalue weighted by Gasteiger charge is 2.34. The van der Waals surface area contributed by atoms with Gasteiger partial charge in [0.25, 0.3) is 0 Å². The van der Waals surface area contributed by atoms with E-state index < -0.39 is 10.0 Å². The van der Waals surface area contributed by atoms with E-state index in [1.807, 2.05) is 6.92 Å². The van der Waals surface area contributed by atoms with Crippen molar-refractivity contribution < 1.29 is 8.42 Å². The maximum absolute atomic E-state index is 12.7. The molecule has 0 aromatic carbocycles. The minimum atomic E-state index is -3.38. The molecule has 1 aromatic heterocycles. The van der Waals surface area contributed by atoms with E-state index in [1.54, 1.807) is 15.2 Å². The summed E-state index contributed by atoms with van der Waals surface area (Å²) in [5.74, 6) is 0. The van der Waals surface area contributed by atoms with Crippen LogP contribution in [0, 0.1) is 0 Å². The summed E-state index contributed by atoms with van der Waals surface area (Å²) in [6.07, 6.45) is 6.87. The molecule has 1 unspecified atom stereocenters. The van der Waals surface area contributed by atoms with Gasteiger partial charge in [0.05, 0.1) is 6.20 Å². The molecule has 1 aromatic rings. The van der Waals surface area contributed by atoms with Crippen molar-refractivity contribution in [2.24, 2.45) is 0 Å². The van der Waals surface area contributed by atoms with E-state index >= 15 is 0 Å². The van der Waals surface area contributed by atoms with Gasteiger partial charge in [-0.3, -0.25) is 4.68 Å². The van der Waals surface area contributed by atoms with Crippen molar-refractivity contribution in [2.75, 3.05) is 19.6 Å². The van der Waals surface area contributed by atoms with Gasteiger partial charge in [-0.25, -0.2) is 8.42 Å². The molecule has 2 rings (SSSR count). The minimum Gasteiger partial charge on any atom is -0.317 e. The number of nitrogens with one attached hydrogen (secondary N) is 1. The molecule has 1 atom stereocenters. The highest BCUT2D eigenvalue weighted by molar-refractivity contribution is 7.89. The first-order chi connectivity index (χ1) is 10.1. The molecule has 1 fully saturated rings. The van der Waals surface area contributed by atoms with Crippen LogP contribution in [0.3, 0.4) is 0 Å². The fourth-order valence-corrected chi connectivity index (χ4v) is 4.53. The fraction of sp³-hybridized carbons (Fsp3) is 0.786. The Labute approximate surface area is 127 Å². The van der Waals surface area contributed by atoms with Gasteiger partial charge >= 0.3 is 0 Å². The van der Waals surface area contributed by atoms with E-state index in [2.05, 4.69) is 17.3 Å². The second kappa shape index (κ2) is 7.38. The highest BCUT2D eigenvalue weighted by atomic mass is 32.2. The van der Waals surface area contributed by atoms with E-state index in [1.165, 1.54) is 6.20 Å². The number of sulfonamides is 1. The van der Waals surface area contributed by atoms with Crippen LogP contribution < -0.4 is 5.32 Å². The molecule has 0 spiro atoms. The Balaban J connectivity index is 2.02. The molecule has 1 N–H and O–H groups in total. The summed E-state index contributed by atoms with van der Waals surface area (Å²) in [6, 6.07) is 0.145. The Morgan fingerprint density at radius 1 is 1.43 bits per heavy atom. The number of hydrogen-bond acceptors (Lipinski definition) is 4. The van der Waals surface area contributed by atoms with E-state index in [0.29, 0.717) is 11.4 Å².